The number of hydroxylamine groups is 1. The van der Waals surface area contributed by atoms with Gasteiger partial charge in [0.15, 0.2) is 9.84 Å². The SMILES string of the molecule is CC(CCc1ccc(-c2ccc(C#C[C@H]3C[C@@H]3CO)cc2)cc1)(C(=O)NO)S(C)(=O)=O. The van der Waals surface area contributed by atoms with Gasteiger partial charge in [-0.3, -0.25) is 10.0 Å². The van der Waals surface area contributed by atoms with Crippen LogP contribution in [0.1, 0.15) is 30.9 Å². The summed E-state index contributed by atoms with van der Waals surface area (Å²) in [7, 11) is -3.71. The molecule has 1 unspecified atom stereocenters. The van der Waals surface area contributed by atoms with Gasteiger partial charge in [-0.1, -0.05) is 48.2 Å². The van der Waals surface area contributed by atoms with Crippen molar-refractivity contribution in [1.29, 1.82) is 0 Å². The molecule has 1 aliphatic carbocycles. The number of nitrogens with one attached hydrogen (secondary N) is 1. The Kier molecular flexibility index (Phi) is 6.85. The minimum Gasteiger partial charge on any atom is -0.396 e. The largest absolute Gasteiger partial charge is 0.396 e. The fraction of sp³-hybridized carbons (Fsp3) is 0.375. The maximum Gasteiger partial charge on any atom is 0.264 e. The van der Waals surface area contributed by atoms with Crippen LogP contribution in [0.3, 0.4) is 0 Å². The second kappa shape index (κ2) is 9.23. The molecule has 1 amide bonds. The van der Waals surface area contributed by atoms with E-state index in [0.29, 0.717) is 18.3 Å². The van der Waals surface area contributed by atoms with Gasteiger partial charge in [0.2, 0.25) is 0 Å². The van der Waals surface area contributed by atoms with Gasteiger partial charge in [-0.25, -0.2) is 13.9 Å². The zero-order valence-electron chi connectivity index (χ0n) is 17.6. The monoisotopic (exact) mass is 441 g/mol. The Balaban J connectivity index is 1.65. The molecule has 31 heavy (non-hydrogen) atoms. The number of aryl methyl sites for hydroxylation is 1. The molecule has 3 rings (SSSR count). The zero-order chi connectivity index (χ0) is 22.6. The van der Waals surface area contributed by atoms with E-state index in [1.54, 1.807) is 0 Å². The molecule has 0 heterocycles. The van der Waals surface area contributed by atoms with Crippen molar-refractivity contribution in [3.8, 4) is 23.0 Å². The number of carbonyl (C=O) groups is 1. The lowest BCUT2D eigenvalue weighted by Crippen LogP contribution is -2.49. The minimum atomic E-state index is -3.71. The average Bonchev–Trinajstić information content (AvgIpc) is 3.54. The summed E-state index contributed by atoms with van der Waals surface area (Å²) >= 11 is 0. The second-order valence-corrected chi connectivity index (χ2v) is 10.7. The highest BCUT2D eigenvalue weighted by Crippen LogP contribution is 2.37. The standard InChI is InChI=1S/C24H27NO5S/c1-24(23(27)25-28,31(2,29)30)14-13-18-5-10-20(11-6-18)19-8-3-17(4-9-19)7-12-21-15-22(21)16-26/h3-6,8-11,21-22,26,28H,13-16H2,1-2H3,(H,25,27)/t21-,22+,24?/m0/s1. The molecule has 0 saturated heterocycles. The van der Waals surface area contributed by atoms with E-state index in [4.69, 9.17) is 10.3 Å². The Bertz CT molecular complexity index is 1100. The molecule has 2 aromatic carbocycles. The zero-order valence-corrected chi connectivity index (χ0v) is 18.4. The summed E-state index contributed by atoms with van der Waals surface area (Å²) in [6.45, 7) is 1.52. The van der Waals surface area contributed by atoms with Crippen LogP contribution in [-0.2, 0) is 21.1 Å². The number of hydrogen-bond donors (Lipinski definition) is 3. The molecule has 164 valence electrons. The molecule has 1 aliphatic rings. The van der Waals surface area contributed by atoms with Crippen LogP contribution in [0.2, 0.25) is 0 Å². The molecule has 0 aromatic heterocycles. The maximum absolute atomic E-state index is 12.1. The predicted octanol–water partition coefficient (Wildman–Crippen LogP) is 2.57. The van der Waals surface area contributed by atoms with Gasteiger partial charge in [0.25, 0.3) is 5.91 Å². The topological polar surface area (TPSA) is 104 Å². The van der Waals surface area contributed by atoms with E-state index in [-0.39, 0.29) is 13.0 Å². The summed E-state index contributed by atoms with van der Waals surface area (Å²) in [6, 6.07) is 15.7. The van der Waals surface area contributed by atoms with E-state index in [9.17, 15) is 13.2 Å². The third kappa shape index (κ3) is 5.34. The molecule has 1 fully saturated rings. The molecule has 3 atom stereocenters. The Morgan fingerprint density at radius 1 is 1.13 bits per heavy atom. The van der Waals surface area contributed by atoms with Crippen LogP contribution in [0, 0.1) is 23.7 Å². The number of aliphatic hydroxyl groups excluding tert-OH is 1. The van der Waals surface area contributed by atoms with Crippen molar-refractivity contribution in [3.05, 3.63) is 59.7 Å². The van der Waals surface area contributed by atoms with Crippen molar-refractivity contribution in [2.75, 3.05) is 12.9 Å². The molecule has 0 bridgehead atoms. The first-order valence-electron chi connectivity index (χ1n) is 10.1. The minimum absolute atomic E-state index is 0.0586. The van der Waals surface area contributed by atoms with E-state index in [1.165, 1.54) is 12.4 Å². The number of benzene rings is 2. The van der Waals surface area contributed by atoms with Gasteiger partial charge in [-0.05, 0) is 60.9 Å². The van der Waals surface area contributed by atoms with Crippen LogP contribution in [0.5, 0.6) is 0 Å². The third-order valence-corrected chi connectivity index (χ3v) is 8.05. The highest BCUT2D eigenvalue weighted by atomic mass is 32.2. The van der Waals surface area contributed by atoms with E-state index in [0.717, 1.165) is 34.9 Å². The summed E-state index contributed by atoms with van der Waals surface area (Å²) in [5.41, 5.74) is 5.36. The third-order valence-electron chi connectivity index (χ3n) is 6.02. The molecule has 6 nitrogen and oxygen atoms in total. The van der Waals surface area contributed by atoms with Gasteiger partial charge in [-0.2, -0.15) is 0 Å². The van der Waals surface area contributed by atoms with Crippen LogP contribution in [0.25, 0.3) is 11.1 Å². The van der Waals surface area contributed by atoms with Crippen molar-refractivity contribution < 1.29 is 23.5 Å². The quantitative estimate of drug-likeness (QED) is 0.348. The van der Waals surface area contributed by atoms with Crippen molar-refractivity contribution in [1.82, 2.24) is 5.48 Å². The van der Waals surface area contributed by atoms with E-state index in [1.807, 2.05) is 48.5 Å². The lowest BCUT2D eigenvalue weighted by atomic mass is 9.97. The number of carbonyl (C=O) groups excluding carboxylic acids is 1. The first-order chi connectivity index (χ1) is 14.7. The summed E-state index contributed by atoms with van der Waals surface area (Å²) < 4.78 is 22.4. The van der Waals surface area contributed by atoms with Crippen molar-refractivity contribution in [2.24, 2.45) is 11.8 Å². The smallest absolute Gasteiger partial charge is 0.264 e. The first kappa shape index (κ1) is 23.0. The van der Waals surface area contributed by atoms with E-state index < -0.39 is 20.5 Å². The molecule has 3 N–H and O–H groups in total. The van der Waals surface area contributed by atoms with Gasteiger partial charge in [0.1, 0.15) is 4.75 Å². The number of aliphatic hydroxyl groups is 1. The Morgan fingerprint density at radius 2 is 1.71 bits per heavy atom. The van der Waals surface area contributed by atoms with Crippen LogP contribution in [0.15, 0.2) is 48.5 Å². The molecule has 0 radical (unpaired) electrons. The first-order valence-corrected chi connectivity index (χ1v) is 12.0. The second-order valence-electron chi connectivity index (χ2n) is 8.27. The summed E-state index contributed by atoms with van der Waals surface area (Å²) in [5, 5.41) is 18.0. The molecular formula is C24H27NO5S. The highest BCUT2D eigenvalue weighted by Gasteiger charge is 2.43. The lowest BCUT2D eigenvalue weighted by Gasteiger charge is -2.25. The summed E-state index contributed by atoms with van der Waals surface area (Å²) in [5.74, 6) is 6.06. The van der Waals surface area contributed by atoms with Crippen LogP contribution in [0.4, 0.5) is 0 Å². The molecule has 0 aliphatic heterocycles. The number of hydrogen-bond acceptors (Lipinski definition) is 5. The predicted molar refractivity (Wildman–Crippen MR) is 119 cm³/mol. The number of sulfone groups is 1. The Hall–Kier alpha value is -2.66. The van der Waals surface area contributed by atoms with Crippen molar-refractivity contribution in [2.45, 2.75) is 30.9 Å². The molecule has 2 aromatic rings. The Labute approximate surface area is 183 Å². The summed E-state index contributed by atoms with van der Waals surface area (Å²) in [4.78, 5) is 11.9. The molecule has 7 heteroatoms. The fourth-order valence-corrected chi connectivity index (χ4v) is 4.24. The van der Waals surface area contributed by atoms with E-state index in [2.05, 4.69) is 11.8 Å². The van der Waals surface area contributed by atoms with Crippen LogP contribution >= 0.6 is 0 Å². The summed E-state index contributed by atoms with van der Waals surface area (Å²) in [6.07, 6.45) is 2.40. The van der Waals surface area contributed by atoms with Gasteiger partial charge >= 0.3 is 0 Å². The fourth-order valence-electron chi connectivity index (χ4n) is 3.38. The normalized spacial score (nSPS) is 19.6. The maximum atomic E-state index is 12.1. The van der Waals surface area contributed by atoms with Gasteiger partial charge < -0.3 is 5.11 Å². The lowest BCUT2D eigenvalue weighted by molar-refractivity contribution is -0.131. The molecule has 1 saturated carbocycles. The van der Waals surface area contributed by atoms with Crippen LogP contribution < -0.4 is 5.48 Å². The highest BCUT2D eigenvalue weighted by molar-refractivity contribution is 7.92. The van der Waals surface area contributed by atoms with E-state index >= 15 is 0 Å². The molecular weight excluding hydrogens is 414 g/mol. The van der Waals surface area contributed by atoms with Gasteiger partial charge in [-0.15, -0.1) is 0 Å². The van der Waals surface area contributed by atoms with Gasteiger partial charge in [0, 0.05) is 24.3 Å². The van der Waals surface area contributed by atoms with Crippen molar-refractivity contribution >= 4 is 15.7 Å². The average molecular weight is 442 g/mol. The number of amides is 1. The van der Waals surface area contributed by atoms with Crippen LogP contribution in [-0.4, -0.2) is 42.2 Å². The number of rotatable bonds is 7. The van der Waals surface area contributed by atoms with Gasteiger partial charge in [0.05, 0.1) is 0 Å². The Morgan fingerprint density at radius 3 is 2.19 bits per heavy atom. The van der Waals surface area contributed by atoms with Crippen molar-refractivity contribution in [3.63, 3.8) is 0 Å². The molecule has 0 spiro atoms.